The summed E-state index contributed by atoms with van der Waals surface area (Å²) in [4.78, 5) is 19.0. The summed E-state index contributed by atoms with van der Waals surface area (Å²) in [6.07, 6.45) is 0. The second kappa shape index (κ2) is 7.49. The topological polar surface area (TPSA) is 94.8 Å². The molecule has 3 aromatic heterocycles. The summed E-state index contributed by atoms with van der Waals surface area (Å²) >= 11 is 2.98. The first-order valence-electron chi connectivity index (χ1n) is 8.33. The van der Waals surface area contributed by atoms with E-state index < -0.39 is 0 Å². The van der Waals surface area contributed by atoms with Gasteiger partial charge in [0.25, 0.3) is 5.91 Å². The zero-order valence-corrected chi connectivity index (χ0v) is 17.0. The van der Waals surface area contributed by atoms with Gasteiger partial charge < -0.3 is 10.1 Å². The summed E-state index contributed by atoms with van der Waals surface area (Å²) in [6, 6.07) is 9.28. The highest BCUT2D eigenvalue weighted by Gasteiger charge is 2.18. The number of aryl methyl sites for hydroxylation is 2. The average Bonchev–Trinajstić information content (AvgIpc) is 3.42. The van der Waals surface area contributed by atoms with Gasteiger partial charge in [0.05, 0.1) is 17.7 Å². The molecule has 8 nitrogen and oxygen atoms in total. The van der Waals surface area contributed by atoms with Crippen molar-refractivity contribution in [1.82, 2.24) is 25.2 Å². The number of hydrogen-bond donors (Lipinski definition) is 1. The molecule has 1 amide bonds. The molecule has 0 unspecified atom stereocenters. The van der Waals surface area contributed by atoms with Gasteiger partial charge in [-0.2, -0.15) is 4.68 Å². The molecule has 0 aliphatic carbocycles. The number of hydrogen-bond acceptors (Lipinski definition) is 8. The first kappa shape index (κ1) is 18.3. The van der Waals surface area contributed by atoms with Crippen LogP contribution in [0, 0.1) is 13.8 Å². The summed E-state index contributed by atoms with van der Waals surface area (Å²) in [5.41, 5.74) is 1.96. The summed E-state index contributed by atoms with van der Waals surface area (Å²) in [5.74, 6) is 1.00. The number of benzene rings is 1. The Labute approximate surface area is 168 Å². The Morgan fingerprint density at radius 1 is 1.25 bits per heavy atom. The lowest BCUT2D eigenvalue weighted by molar-refractivity contribution is 0.103. The van der Waals surface area contributed by atoms with Crippen LogP contribution in [-0.2, 0) is 0 Å². The highest BCUT2D eigenvalue weighted by Crippen LogP contribution is 2.32. The zero-order chi connectivity index (χ0) is 19.7. The summed E-state index contributed by atoms with van der Waals surface area (Å²) in [6.45, 7) is 3.63. The number of methoxy groups -OCH3 is 1. The van der Waals surface area contributed by atoms with Crippen LogP contribution in [0.2, 0.25) is 0 Å². The van der Waals surface area contributed by atoms with Crippen LogP contribution in [0.1, 0.15) is 21.2 Å². The molecule has 0 saturated carbocycles. The Morgan fingerprint density at radius 3 is 2.79 bits per heavy atom. The molecule has 0 aliphatic rings. The predicted octanol–water partition coefficient (Wildman–Crippen LogP) is 3.73. The van der Waals surface area contributed by atoms with Crippen molar-refractivity contribution in [2.45, 2.75) is 13.8 Å². The molecule has 0 spiro atoms. The second-order valence-electron chi connectivity index (χ2n) is 5.89. The van der Waals surface area contributed by atoms with Crippen molar-refractivity contribution in [1.29, 1.82) is 0 Å². The third kappa shape index (κ3) is 3.39. The molecule has 1 N–H and O–H groups in total. The first-order valence-corrected chi connectivity index (χ1v) is 10.0. The van der Waals surface area contributed by atoms with E-state index >= 15 is 0 Å². The van der Waals surface area contributed by atoms with E-state index in [2.05, 4.69) is 25.8 Å². The van der Waals surface area contributed by atoms with Gasteiger partial charge in [-0.3, -0.25) is 4.79 Å². The maximum absolute atomic E-state index is 12.8. The van der Waals surface area contributed by atoms with Gasteiger partial charge in [-0.05, 0) is 53.9 Å². The summed E-state index contributed by atoms with van der Waals surface area (Å²) in [5, 5.41) is 17.3. The minimum Gasteiger partial charge on any atom is -0.494 e. The first-order chi connectivity index (χ1) is 13.6. The molecule has 0 aliphatic heterocycles. The molecular formula is C18H16N6O2S2. The molecule has 1 aromatic carbocycles. The Morgan fingerprint density at radius 2 is 2.11 bits per heavy atom. The van der Waals surface area contributed by atoms with Gasteiger partial charge in [0.15, 0.2) is 5.82 Å². The van der Waals surface area contributed by atoms with E-state index in [4.69, 9.17) is 4.74 Å². The fourth-order valence-electron chi connectivity index (χ4n) is 2.69. The van der Waals surface area contributed by atoms with Crippen molar-refractivity contribution in [2.24, 2.45) is 0 Å². The Balaban J connectivity index is 1.63. The molecule has 4 rings (SSSR count). The molecule has 10 heteroatoms. The van der Waals surface area contributed by atoms with Crippen LogP contribution < -0.4 is 10.1 Å². The third-order valence-corrected chi connectivity index (χ3v) is 6.22. The fourth-order valence-corrected chi connectivity index (χ4v) is 4.45. The highest BCUT2D eigenvalue weighted by molar-refractivity contribution is 7.22. The Hall–Kier alpha value is -3.11. The van der Waals surface area contributed by atoms with Crippen molar-refractivity contribution in [2.75, 3.05) is 12.4 Å². The lowest BCUT2D eigenvalue weighted by Gasteiger charge is -2.11. The molecule has 0 bridgehead atoms. The number of amides is 1. The van der Waals surface area contributed by atoms with Gasteiger partial charge in [-0.15, -0.1) is 27.8 Å². The fraction of sp³-hybridized carbons (Fsp3) is 0.167. The van der Waals surface area contributed by atoms with Crippen LogP contribution in [-0.4, -0.2) is 38.2 Å². The molecule has 28 heavy (non-hydrogen) atoms. The lowest BCUT2D eigenvalue weighted by atomic mass is 10.2. The van der Waals surface area contributed by atoms with E-state index in [0.717, 1.165) is 9.88 Å². The number of aromatic nitrogens is 5. The number of ether oxygens (including phenoxy) is 1. The van der Waals surface area contributed by atoms with Gasteiger partial charge in [-0.25, -0.2) is 4.98 Å². The van der Waals surface area contributed by atoms with E-state index in [1.54, 1.807) is 48.3 Å². The summed E-state index contributed by atoms with van der Waals surface area (Å²) < 4.78 is 6.95. The molecule has 3 heterocycles. The van der Waals surface area contributed by atoms with Gasteiger partial charge in [-0.1, -0.05) is 6.07 Å². The van der Waals surface area contributed by atoms with Crippen molar-refractivity contribution in [3.05, 3.63) is 52.1 Å². The quantitative estimate of drug-likeness (QED) is 0.537. The highest BCUT2D eigenvalue weighted by atomic mass is 32.1. The molecule has 4 aromatic rings. The van der Waals surface area contributed by atoms with Crippen molar-refractivity contribution >= 4 is 34.3 Å². The molecule has 0 atom stereocenters. The van der Waals surface area contributed by atoms with E-state index in [0.29, 0.717) is 33.5 Å². The van der Waals surface area contributed by atoms with Gasteiger partial charge in [0, 0.05) is 5.69 Å². The maximum atomic E-state index is 12.8. The minimum atomic E-state index is -0.206. The maximum Gasteiger partial charge on any atom is 0.267 e. The number of rotatable bonds is 5. The number of tetrazole rings is 1. The van der Waals surface area contributed by atoms with E-state index in [1.165, 1.54) is 11.3 Å². The zero-order valence-electron chi connectivity index (χ0n) is 15.3. The van der Waals surface area contributed by atoms with Crippen LogP contribution in [0.15, 0.2) is 35.7 Å². The predicted molar refractivity (Wildman–Crippen MR) is 109 cm³/mol. The van der Waals surface area contributed by atoms with Crippen molar-refractivity contribution in [3.63, 3.8) is 0 Å². The largest absolute Gasteiger partial charge is 0.494 e. The van der Waals surface area contributed by atoms with E-state index in [9.17, 15) is 4.79 Å². The smallest absolute Gasteiger partial charge is 0.267 e. The second-order valence-corrected chi connectivity index (χ2v) is 7.84. The molecular weight excluding hydrogens is 396 g/mol. The van der Waals surface area contributed by atoms with Crippen LogP contribution >= 0.6 is 22.7 Å². The molecule has 0 fully saturated rings. The monoisotopic (exact) mass is 412 g/mol. The van der Waals surface area contributed by atoms with Crippen LogP contribution in [0.5, 0.6) is 5.75 Å². The van der Waals surface area contributed by atoms with Gasteiger partial charge >= 0.3 is 0 Å². The number of nitrogens with one attached hydrogen (secondary N) is 1. The SMILES string of the molecule is COc1ccc(NC(=O)c2sc(-c3cccs3)nc2C)cc1-n1nnnc1C. The van der Waals surface area contributed by atoms with E-state index in [-0.39, 0.29) is 5.91 Å². The van der Waals surface area contributed by atoms with Crippen LogP contribution in [0.4, 0.5) is 5.69 Å². The van der Waals surface area contributed by atoms with Crippen LogP contribution in [0.3, 0.4) is 0 Å². The molecule has 0 radical (unpaired) electrons. The van der Waals surface area contributed by atoms with Crippen molar-refractivity contribution < 1.29 is 9.53 Å². The normalized spacial score (nSPS) is 10.8. The number of thiazole rings is 1. The van der Waals surface area contributed by atoms with Gasteiger partial charge in [0.1, 0.15) is 21.3 Å². The number of anilines is 1. The Bertz CT molecular complexity index is 1130. The number of carbonyl (C=O) groups is 1. The Kier molecular flexibility index (Phi) is 4.88. The number of nitrogens with zero attached hydrogens (tertiary/aromatic N) is 5. The molecule has 142 valence electrons. The standard InChI is InChI=1S/C18H16N6O2S2/c1-10-16(28-18(19-10)15-5-4-8-27-15)17(25)20-12-6-7-14(26-3)13(9-12)24-11(2)21-22-23-24/h4-9H,1-3H3,(H,20,25). The van der Waals surface area contributed by atoms with Crippen LogP contribution in [0.25, 0.3) is 15.6 Å². The lowest BCUT2D eigenvalue weighted by Crippen LogP contribution is -2.12. The number of thiophene rings is 1. The number of carbonyl (C=O) groups excluding carboxylic acids is 1. The summed E-state index contributed by atoms with van der Waals surface area (Å²) in [7, 11) is 1.57. The van der Waals surface area contributed by atoms with Gasteiger partial charge in [0.2, 0.25) is 0 Å². The average molecular weight is 413 g/mol. The van der Waals surface area contributed by atoms with E-state index in [1.807, 2.05) is 24.4 Å². The molecule has 0 saturated heterocycles. The van der Waals surface area contributed by atoms with Crippen molar-refractivity contribution in [3.8, 4) is 21.3 Å². The minimum absolute atomic E-state index is 0.206. The third-order valence-electron chi connectivity index (χ3n) is 4.03.